The zero-order valence-corrected chi connectivity index (χ0v) is 22.5. The molecule has 0 aliphatic carbocycles. The summed E-state index contributed by atoms with van der Waals surface area (Å²) in [4.78, 5) is 16.6. The smallest absolute Gasteiger partial charge is 0.409 e. The highest BCUT2D eigenvalue weighted by Crippen LogP contribution is 2.25. The van der Waals surface area contributed by atoms with Gasteiger partial charge in [-0.2, -0.15) is 0 Å². The summed E-state index contributed by atoms with van der Waals surface area (Å²) in [6.45, 7) is 5.76. The highest BCUT2D eigenvalue weighted by Gasteiger charge is 2.29. The van der Waals surface area contributed by atoms with Crippen molar-refractivity contribution in [3.8, 4) is 0 Å². The molecule has 3 rings (SSSR count). The minimum absolute atomic E-state index is 0. The fraction of sp³-hybridized carbons (Fsp3) is 0.500. The van der Waals surface area contributed by atoms with Crippen molar-refractivity contribution in [2.75, 3.05) is 46.9 Å². The number of hydrogen-bond donors (Lipinski definition) is 0. The van der Waals surface area contributed by atoms with E-state index >= 15 is 0 Å². The van der Waals surface area contributed by atoms with E-state index in [2.05, 4.69) is 17.0 Å². The summed E-state index contributed by atoms with van der Waals surface area (Å²) in [7, 11) is -0.453. The monoisotopic (exact) mass is 523 g/mol. The van der Waals surface area contributed by atoms with Gasteiger partial charge >= 0.3 is 6.09 Å². The van der Waals surface area contributed by atoms with Crippen LogP contribution in [0.4, 0.5) is 4.79 Å². The van der Waals surface area contributed by atoms with E-state index in [1.807, 2.05) is 36.1 Å². The molecule has 9 heteroatoms. The lowest BCUT2D eigenvalue weighted by atomic mass is 9.94. The molecule has 35 heavy (non-hydrogen) atoms. The fourth-order valence-electron chi connectivity index (χ4n) is 4.72. The van der Waals surface area contributed by atoms with Gasteiger partial charge in [0.15, 0.2) is 0 Å². The first-order valence-corrected chi connectivity index (χ1v) is 13.4. The zero-order valence-electron chi connectivity index (χ0n) is 20.9. The SMILES string of the molecule is CCN(C(=O)OC)C1CCN(CCC(CN(C)S(=O)(=O)c2ccccc2)c2ccccc2)CC1.Cl. The first-order valence-electron chi connectivity index (χ1n) is 12.0. The molecule has 0 N–H and O–H groups in total. The number of ether oxygens (including phenoxy) is 1. The molecule has 2 aromatic rings. The molecule has 1 saturated heterocycles. The van der Waals surface area contributed by atoms with Crippen molar-refractivity contribution in [3.63, 3.8) is 0 Å². The maximum atomic E-state index is 13.1. The fourth-order valence-corrected chi connectivity index (χ4v) is 5.95. The topological polar surface area (TPSA) is 70.2 Å². The lowest BCUT2D eigenvalue weighted by Crippen LogP contribution is -2.47. The van der Waals surface area contributed by atoms with Gasteiger partial charge in [0.25, 0.3) is 0 Å². The molecule has 0 bridgehead atoms. The predicted molar refractivity (Wildman–Crippen MR) is 142 cm³/mol. The van der Waals surface area contributed by atoms with E-state index in [9.17, 15) is 13.2 Å². The maximum absolute atomic E-state index is 13.1. The van der Waals surface area contributed by atoms with Gasteiger partial charge in [0.2, 0.25) is 10.0 Å². The first-order chi connectivity index (χ1) is 16.4. The Hall–Kier alpha value is -2.13. The van der Waals surface area contributed by atoms with E-state index in [0.29, 0.717) is 18.0 Å². The maximum Gasteiger partial charge on any atom is 0.409 e. The summed E-state index contributed by atoms with van der Waals surface area (Å²) >= 11 is 0. The van der Waals surface area contributed by atoms with Crippen molar-refractivity contribution in [2.24, 2.45) is 0 Å². The van der Waals surface area contributed by atoms with Gasteiger partial charge in [0.05, 0.1) is 12.0 Å². The van der Waals surface area contributed by atoms with Gasteiger partial charge in [-0.3, -0.25) is 0 Å². The summed E-state index contributed by atoms with van der Waals surface area (Å²) in [5, 5.41) is 0. The summed E-state index contributed by atoms with van der Waals surface area (Å²) < 4.78 is 32.6. The number of piperidine rings is 1. The van der Waals surface area contributed by atoms with Crippen molar-refractivity contribution >= 4 is 28.5 Å². The van der Waals surface area contributed by atoms with Crippen LogP contribution in [-0.4, -0.2) is 81.5 Å². The number of halogens is 1. The van der Waals surface area contributed by atoms with Crippen LogP contribution in [0.15, 0.2) is 65.6 Å². The van der Waals surface area contributed by atoms with Crippen LogP contribution in [-0.2, 0) is 14.8 Å². The quantitative estimate of drug-likeness (QED) is 0.460. The van der Waals surface area contributed by atoms with Crippen LogP contribution >= 0.6 is 12.4 Å². The number of hydrogen-bond acceptors (Lipinski definition) is 5. The van der Waals surface area contributed by atoms with Crippen molar-refractivity contribution < 1.29 is 17.9 Å². The van der Waals surface area contributed by atoms with Crippen LogP contribution in [0.5, 0.6) is 0 Å². The number of likely N-dealkylation sites (N-methyl/N-ethyl adjacent to an activating group) is 1. The Kier molecular flexibility index (Phi) is 11.5. The van der Waals surface area contributed by atoms with Gasteiger partial charge in [-0.15, -0.1) is 12.4 Å². The molecule has 1 aliphatic heterocycles. The Morgan fingerprint density at radius 2 is 1.63 bits per heavy atom. The predicted octanol–water partition coefficient (Wildman–Crippen LogP) is 4.46. The summed E-state index contributed by atoms with van der Waals surface area (Å²) in [5.41, 5.74) is 1.15. The second-order valence-electron chi connectivity index (χ2n) is 8.82. The average Bonchev–Trinajstić information content (AvgIpc) is 2.88. The molecule has 1 atom stereocenters. The Morgan fingerprint density at radius 1 is 1.06 bits per heavy atom. The zero-order chi connectivity index (χ0) is 24.6. The van der Waals surface area contributed by atoms with Crippen LogP contribution in [0, 0.1) is 0 Å². The Balaban J connectivity index is 0.00000432. The van der Waals surface area contributed by atoms with Gasteiger partial charge in [-0.1, -0.05) is 48.5 Å². The molecule has 1 heterocycles. The highest BCUT2D eigenvalue weighted by atomic mass is 35.5. The van der Waals surface area contributed by atoms with Gasteiger partial charge in [-0.05, 0) is 56.3 Å². The molecular formula is C26H38ClN3O4S. The molecular weight excluding hydrogens is 486 g/mol. The van der Waals surface area contributed by atoms with E-state index < -0.39 is 10.0 Å². The van der Waals surface area contributed by atoms with Crippen molar-refractivity contribution in [2.45, 2.75) is 43.0 Å². The van der Waals surface area contributed by atoms with Gasteiger partial charge < -0.3 is 14.5 Å². The van der Waals surface area contributed by atoms with E-state index in [-0.39, 0.29) is 30.5 Å². The minimum atomic E-state index is -3.55. The Labute approximate surface area is 216 Å². The van der Waals surface area contributed by atoms with Crippen molar-refractivity contribution in [1.82, 2.24) is 14.1 Å². The molecule has 1 fully saturated rings. The highest BCUT2D eigenvalue weighted by molar-refractivity contribution is 7.89. The Morgan fingerprint density at radius 3 is 2.17 bits per heavy atom. The van der Waals surface area contributed by atoms with Crippen molar-refractivity contribution in [3.05, 3.63) is 66.2 Å². The van der Waals surface area contributed by atoms with Crippen LogP contribution in [0.3, 0.4) is 0 Å². The molecule has 194 valence electrons. The average molecular weight is 524 g/mol. The number of rotatable bonds is 10. The number of methoxy groups -OCH3 is 1. The molecule has 2 aromatic carbocycles. The number of sulfonamides is 1. The number of likely N-dealkylation sites (tertiary alicyclic amines) is 1. The standard InChI is InChI=1S/C26H37N3O4S.ClH/c1-4-29(26(30)33-3)24-16-19-28(20-17-24)18-15-23(22-11-7-5-8-12-22)21-27(2)34(31,32)25-13-9-6-10-14-25;/h5-14,23-24H,4,15-21H2,1-3H3;1H. The molecule has 1 amide bonds. The number of amides is 1. The third-order valence-corrected chi connectivity index (χ3v) is 8.58. The van der Waals surface area contributed by atoms with E-state index in [1.165, 1.54) is 11.4 Å². The van der Waals surface area contributed by atoms with Crippen LogP contribution in [0.1, 0.15) is 37.7 Å². The lowest BCUT2D eigenvalue weighted by molar-refractivity contribution is 0.0800. The second kappa shape index (κ2) is 13.8. The molecule has 0 radical (unpaired) electrons. The largest absolute Gasteiger partial charge is 0.453 e. The number of nitrogens with zero attached hydrogens (tertiary/aromatic N) is 3. The van der Waals surface area contributed by atoms with Crippen molar-refractivity contribution in [1.29, 1.82) is 0 Å². The number of carbonyl (C=O) groups is 1. The summed E-state index contributed by atoms with van der Waals surface area (Å²) in [5.74, 6) is 0.0876. The summed E-state index contributed by atoms with van der Waals surface area (Å²) in [6.07, 6.45) is 2.44. The molecule has 1 aliphatic rings. The Bertz CT molecular complexity index is 1000. The lowest BCUT2D eigenvalue weighted by Gasteiger charge is -2.38. The molecule has 0 saturated carbocycles. The minimum Gasteiger partial charge on any atom is -0.453 e. The van der Waals surface area contributed by atoms with E-state index in [1.54, 1.807) is 31.3 Å². The van der Waals surface area contributed by atoms with E-state index in [0.717, 1.165) is 44.5 Å². The second-order valence-corrected chi connectivity index (χ2v) is 10.9. The molecule has 7 nitrogen and oxygen atoms in total. The van der Waals surface area contributed by atoms with Crippen LogP contribution in [0.2, 0.25) is 0 Å². The number of carbonyl (C=O) groups excluding carboxylic acids is 1. The third-order valence-electron chi connectivity index (χ3n) is 6.74. The van der Waals surface area contributed by atoms with Gasteiger partial charge in [0, 0.05) is 39.3 Å². The first kappa shape index (κ1) is 29.1. The molecule has 1 unspecified atom stereocenters. The van der Waals surface area contributed by atoms with E-state index in [4.69, 9.17) is 4.74 Å². The van der Waals surface area contributed by atoms with Crippen LogP contribution in [0.25, 0.3) is 0 Å². The normalized spacial score (nSPS) is 15.9. The molecule has 0 spiro atoms. The molecule has 0 aromatic heterocycles. The number of benzene rings is 2. The summed E-state index contributed by atoms with van der Waals surface area (Å²) in [6, 6.07) is 19.0. The van der Waals surface area contributed by atoms with Gasteiger partial charge in [0.1, 0.15) is 0 Å². The van der Waals surface area contributed by atoms with Crippen LogP contribution < -0.4 is 0 Å². The third kappa shape index (κ3) is 7.67. The van der Waals surface area contributed by atoms with Gasteiger partial charge in [-0.25, -0.2) is 17.5 Å².